The van der Waals surface area contributed by atoms with E-state index >= 15 is 0 Å². The van der Waals surface area contributed by atoms with Crippen LogP contribution in [0.15, 0.2) is 36.5 Å². The van der Waals surface area contributed by atoms with Crippen molar-refractivity contribution in [1.29, 1.82) is 0 Å². The van der Waals surface area contributed by atoms with E-state index < -0.39 is 5.97 Å². The fourth-order valence-electron chi connectivity index (χ4n) is 4.26. The molecule has 0 radical (unpaired) electrons. The summed E-state index contributed by atoms with van der Waals surface area (Å²) in [5.41, 5.74) is 3.69. The van der Waals surface area contributed by atoms with Gasteiger partial charge in [0.05, 0.1) is 25.8 Å². The maximum absolute atomic E-state index is 11.5. The molecule has 0 amide bonds. The molecule has 0 bridgehead atoms. The van der Waals surface area contributed by atoms with Crippen molar-refractivity contribution in [2.24, 2.45) is 0 Å². The van der Waals surface area contributed by atoms with Gasteiger partial charge < -0.3 is 24.7 Å². The molecule has 0 aromatic carbocycles. The molecule has 1 aliphatic heterocycles. The molecule has 2 N–H and O–H groups in total. The summed E-state index contributed by atoms with van der Waals surface area (Å²) in [7, 11) is 1.53. The maximum atomic E-state index is 11.5. The molecule has 10 heteroatoms. The van der Waals surface area contributed by atoms with Gasteiger partial charge in [0.25, 0.3) is 0 Å². The molecular formula is C26H30N6O4. The number of carbonyl (C=O) groups is 1. The summed E-state index contributed by atoms with van der Waals surface area (Å²) < 4.78 is 12.8. The Bertz CT molecular complexity index is 1220. The third-order valence-electron chi connectivity index (χ3n) is 6.09. The first-order valence-corrected chi connectivity index (χ1v) is 12.0. The number of carboxylic acid groups (broad SMARTS) is 1. The number of aliphatic carboxylic acids is 1. The molecule has 4 rings (SSSR count). The number of rotatable bonds is 12. The molecule has 0 saturated heterocycles. The van der Waals surface area contributed by atoms with Gasteiger partial charge in [-0.2, -0.15) is 5.10 Å². The van der Waals surface area contributed by atoms with Gasteiger partial charge in [0.1, 0.15) is 12.4 Å². The highest BCUT2D eigenvalue weighted by Gasteiger charge is 2.20. The number of hydrogen-bond acceptors (Lipinski definition) is 7. The van der Waals surface area contributed by atoms with Gasteiger partial charge in [-0.1, -0.05) is 12.1 Å². The summed E-state index contributed by atoms with van der Waals surface area (Å²) in [6, 6.07) is 9.54. The zero-order valence-electron chi connectivity index (χ0n) is 20.3. The normalized spacial score (nSPS) is 13.2. The van der Waals surface area contributed by atoms with Gasteiger partial charge in [-0.15, -0.1) is 0 Å². The van der Waals surface area contributed by atoms with Crippen LogP contribution in [0.4, 0.5) is 5.82 Å². The number of hydrogen-bond donors (Lipinski definition) is 2. The fraction of sp³-hybridized carbons (Fsp3) is 0.423. The summed E-state index contributed by atoms with van der Waals surface area (Å²) in [6.45, 7) is 9.16. The minimum Gasteiger partial charge on any atom is -0.481 e. The number of methoxy groups -OCH3 is 1. The van der Waals surface area contributed by atoms with Crippen molar-refractivity contribution < 1.29 is 19.4 Å². The van der Waals surface area contributed by atoms with Crippen LogP contribution in [0, 0.1) is 6.57 Å². The van der Waals surface area contributed by atoms with Crippen molar-refractivity contribution in [1.82, 2.24) is 19.7 Å². The van der Waals surface area contributed by atoms with E-state index in [0.717, 1.165) is 36.5 Å². The van der Waals surface area contributed by atoms with Crippen molar-refractivity contribution in [3.05, 3.63) is 70.5 Å². The standard InChI is InChI=1S/C26H30N6O4/c1-27-11-12-32-24(36-13-9-21-7-5-18-4-3-10-28-26(18)30-21)16-22(31-32)14-20(15-25(33)34)19-6-8-23(35-2)29-17-19/h5-8,16-17,20H,3-4,9-15H2,2H3,(H,28,30)(H,33,34). The van der Waals surface area contributed by atoms with E-state index in [1.54, 1.807) is 16.9 Å². The number of nitrogens with zero attached hydrogens (tertiary/aromatic N) is 5. The molecule has 3 aromatic rings. The van der Waals surface area contributed by atoms with Crippen LogP contribution >= 0.6 is 0 Å². The Hall–Kier alpha value is -4.13. The Labute approximate surface area is 210 Å². The highest BCUT2D eigenvalue weighted by molar-refractivity contribution is 5.68. The van der Waals surface area contributed by atoms with Crippen LogP contribution in [0.5, 0.6) is 11.8 Å². The number of fused-ring (bicyclic) bond motifs is 1. The Balaban J connectivity index is 1.45. The third kappa shape index (κ3) is 6.50. The van der Waals surface area contributed by atoms with Gasteiger partial charge in [-0.3, -0.25) is 4.79 Å². The van der Waals surface area contributed by atoms with E-state index in [4.69, 9.17) is 21.0 Å². The number of aryl methyl sites for hydroxylation is 1. The van der Waals surface area contributed by atoms with E-state index in [2.05, 4.69) is 26.3 Å². The summed E-state index contributed by atoms with van der Waals surface area (Å²) in [6.07, 6.45) is 4.79. The molecule has 188 valence electrons. The van der Waals surface area contributed by atoms with E-state index in [1.165, 1.54) is 12.7 Å². The van der Waals surface area contributed by atoms with Crippen molar-refractivity contribution in [2.75, 3.05) is 32.1 Å². The molecule has 4 heterocycles. The minimum absolute atomic E-state index is 0.0584. The lowest BCUT2D eigenvalue weighted by Gasteiger charge is -2.17. The van der Waals surface area contributed by atoms with E-state index in [0.29, 0.717) is 43.4 Å². The highest BCUT2D eigenvalue weighted by Crippen LogP contribution is 2.27. The predicted octanol–water partition coefficient (Wildman–Crippen LogP) is 3.38. The van der Waals surface area contributed by atoms with E-state index in [1.807, 2.05) is 18.2 Å². The Morgan fingerprint density at radius 3 is 2.94 bits per heavy atom. The fourth-order valence-corrected chi connectivity index (χ4v) is 4.26. The number of ether oxygens (including phenoxy) is 2. The van der Waals surface area contributed by atoms with Crippen molar-refractivity contribution in [3.8, 4) is 11.8 Å². The first kappa shape index (κ1) is 25.0. The number of anilines is 1. The van der Waals surface area contributed by atoms with Crippen LogP contribution < -0.4 is 14.8 Å². The Kier molecular flexibility index (Phi) is 8.34. The lowest BCUT2D eigenvalue weighted by molar-refractivity contribution is -0.137. The van der Waals surface area contributed by atoms with Gasteiger partial charge in [-0.05, 0) is 36.5 Å². The molecule has 0 aliphatic carbocycles. The molecule has 1 atom stereocenters. The minimum atomic E-state index is -0.897. The second kappa shape index (κ2) is 12.0. The Morgan fingerprint density at radius 1 is 1.31 bits per heavy atom. The smallest absolute Gasteiger partial charge is 0.303 e. The lowest BCUT2D eigenvalue weighted by atomic mass is 9.92. The topological polar surface area (TPSA) is 116 Å². The van der Waals surface area contributed by atoms with Crippen LogP contribution in [0.3, 0.4) is 0 Å². The van der Waals surface area contributed by atoms with Crippen LogP contribution in [0.1, 0.15) is 41.3 Å². The molecule has 0 fully saturated rings. The first-order valence-electron chi connectivity index (χ1n) is 12.0. The molecule has 10 nitrogen and oxygen atoms in total. The number of carboxylic acids is 1. The van der Waals surface area contributed by atoms with Crippen molar-refractivity contribution in [3.63, 3.8) is 0 Å². The summed E-state index contributed by atoms with van der Waals surface area (Å²) >= 11 is 0. The average Bonchev–Trinajstić information content (AvgIpc) is 3.27. The largest absolute Gasteiger partial charge is 0.481 e. The van der Waals surface area contributed by atoms with Crippen LogP contribution in [-0.2, 0) is 30.6 Å². The molecule has 1 aliphatic rings. The Morgan fingerprint density at radius 2 is 2.19 bits per heavy atom. The molecule has 1 unspecified atom stereocenters. The molecule has 36 heavy (non-hydrogen) atoms. The summed E-state index contributed by atoms with van der Waals surface area (Å²) in [5.74, 6) is 0.778. The van der Waals surface area contributed by atoms with Gasteiger partial charge >= 0.3 is 5.97 Å². The quantitative estimate of drug-likeness (QED) is 0.371. The van der Waals surface area contributed by atoms with Crippen LogP contribution in [0.2, 0.25) is 0 Å². The lowest BCUT2D eigenvalue weighted by Crippen LogP contribution is -2.15. The summed E-state index contributed by atoms with van der Waals surface area (Å²) in [5, 5.41) is 17.4. The van der Waals surface area contributed by atoms with Crippen molar-refractivity contribution >= 4 is 11.8 Å². The monoisotopic (exact) mass is 490 g/mol. The number of pyridine rings is 2. The van der Waals surface area contributed by atoms with Gasteiger partial charge in [0.15, 0.2) is 0 Å². The second-order valence-electron chi connectivity index (χ2n) is 8.65. The maximum Gasteiger partial charge on any atom is 0.303 e. The average molecular weight is 491 g/mol. The van der Waals surface area contributed by atoms with Crippen LogP contribution in [0.25, 0.3) is 4.85 Å². The molecule has 0 spiro atoms. The molecule has 3 aromatic heterocycles. The molecule has 0 saturated carbocycles. The number of aromatic nitrogens is 4. The highest BCUT2D eigenvalue weighted by atomic mass is 16.5. The predicted molar refractivity (Wildman–Crippen MR) is 133 cm³/mol. The zero-order valence-corrected chi connectivity index (χ0v) is 20.3. The van der Waals surface area contributed by atoms with E-state index in [-0.39, 0.29) is 18.9 Å². The third-order valence-corrected chi connectivity index (χ3v) is 6.09. The van der Waals surface area contributed by atoms with Crippen LogP contribution in [-0.4, -0.2) is 57.6 Å². The van der Waals surface area contributed by atoms with E-state index in [9.17, 15) is 9.90 Å². The number of nitrogens with one attached hydrogen (secondary N) is 1. The summed E-state index contributed by atoms with van der Waals surface area (Å²) in [4.78, 5) is 23.9. The molecular weight excluding hydrogens is 460 g/mol. The second-order valence-corrected chi connectivity index (χ2v) is 8.65. The van der Waals surface area contributed by atoms with Gasteiger partial charge in [0.2, 0.25) is 18.3 Å². The van der Waals surface area contributed by atoms with Gasteiger partial charge in [0, 0.05) is 42.9 Å². The zero-order chi connectivity index (χ0) is 25.3. The SMILES string of the molecule is [C-]#[N+]CCn1nc(CC(CC(=O)O)c2ccc(OC)nc2)cc1OCCc1ccc2c(n1)NCCC2. The van der Waals surface area contributed by atoms with Gasteiger partial charge in [-0.25, -0.2) is 21.2 Å². The first-order chi connectivity index (χ1) is 17.6. The van der Waals surface area contributed by atoms with Crippen molar-refractivity contribution in [2.45, 2.75) is 44.6 Å².